The quantitative estimate of drug-likeness (QED) is 0.847. The summed E-state index contributed by atoms with van der Waals surface area (Å²) in [5, 5.41) is 7.25. The zero-order valence-electron chi connectivity index (χ0n) is 17.2. The molecule has 1 aromatic carbocycles. The summed E-state index contributed by atoms with van der Waals surface area (Å²) in [4.78, 5) is 30.1. The lowest BCUT2D eigenvalue weighted by Crippen LogP contribution is -2.43. The monoisotopic (exact) mass is 408 g/mol. The van der Waals surface area contributed by atoms with Crippen molar-refractivity contribution in [2.45, 2.75) is 44.1 Å². The van der Waals surface area contributed by atoms with E-state index in [1.807, 2.05) is 28.0 Å². The lowest BCUT2D eigenvalue weighted by molar-refractivity contribution is -0.146. The van der Waals surface area contributed by atoms with Crippen molar-refractivity contribution in [1.82, 2.24) is 20.0 Å². The SMILES string of the molecule is O=C(c1cn[nH]c1[C@H]1CCCN(C(=O)[C@H]2OCCc3ccccc32)C1)N1CCCC1. The molecule has 3 aliphatic rings. The number of aromatic amines is 1. The van der Waals surface area contributed by atoms with Crippen molar-refractivity contribution in [1.29, 1.82) is 0 Å². The van der Waals surface area contributed by atoms with Gasteiger partial charge in [0.1, 0.15) is 0 Å². The van der Waals surface area contributed by atoms with E-state index in [1.165, 1.54) is 5.56 Å². The van der Waals surface area contributed by atoms with Crippen LogP contribution in [0.4, 0.5) is 0 Å². The van der Waals surface area contributed by atoms with Gasteiger partial charge in [0, 0.05) is 32.1 Å². The molecule has 0 radical (unpaired) electrons. The van der Waals surface area contributed by atoms with Gasteiger partial charge < -0.3 is 14.5 Å². The van der Waals surface area contributed by atoms with Crippen molar-refractivity contribution in [3.8, 4) is 0 Å². The number of carbonyl (C=O) groups excluding carboxylic acids is 2. The summed E-state index contributed by atoms with van der Waals surface area (Å²) in [6.45, 7) is 3.51. The van der Waals surface area contributed by atoms with Gasteiger partial charge in [-0.3, -0.25) is 14.7 Å². The maximum absolute atomic E-state index is 13.4. The summed E-state index contributed by atoms with van der Waals surface area (Å²) in [5.74, 6) is 0.175. The molecule has 2 aromatic rings. The molecule has 7 nitrogen and oxygen atoms in total. The number of nitrogens with zero attached hydrogens (tertiary/aromatic N) is 3. The van der Waals surface area contributed by atoms with Gasteiger partial charge in [-0.05, 0) is 43.2 Å². The van der Waals surface area contributed by atoms with Gasteiger partial charge in [0.05, 0.1) is 24.1 Å². The van der Waals surface area contributed by atoms with E-state index in [2.05, 4.69) is 16.3 Å². The Kier molecular flexibility index (Phi) is 5.29. The van der Waals surface area contributed by atoms with Crippen LogP contribution >= 0.6 is 0 Å². The Morgan fingerprint density at radius 3 is 2.73 bits per heavy atom. The Hall–Kier alpha value is -2.67. The van der Waals surface area contributed by atoms with Gasteiger partial charge in [-0.15, -0.1) is 0 Å². The first kappa shape index (κ1) is 19.3. The Morgan fingerprint density at radius 2 is 1.87 bits per heavy atom. The standard InChI is InChI=1S/C23H28N4O3/c28-22(26-10-3-4-11-26)19-14-24-25-20(19)17-7-5-12-27(15-17)23(29)21-18-8-2-1-6-16(18)9-13-30-21/h1-2,6,8,14,17,21H,3-5,7,9-13,15H2,(H,24,25)/t17-,21-/m0/s1. The van der Waals surface area contributed by atoms with Crippen LogP contribution in [0.15, 0.2) is 30.5 Å². The molecule has 3 aliphatic heterocycles. The van der Waals surface area contributed by atoms with E-state index < -0.39 is 6.10 Å². The minimum absolute atomic E-state index is 0.0267. The van der Waals surface area contributed by atoms with Gasteiger partial charge in [0.15, 0.2) is 6.10 Å². The predicted molar refractivity (Wildman–Crippen MR) is 111 cm³/mol. The Bertz CT molecular complexity index is 934. The first-order chi connectivity index (χ1) is 14.7. The normalized spacial score (nSPS) is 24.0. The van der Waals surface area contributed by atoms with Crippen molar-refractivity contribution < 1.29 is 14.3 Å². The molecule has 1 N–H and O–H groups in total. The number of carbonyl (C=O) groups is 2. The van der Waals surface area contributed by atoms with Crippen LogP contribution in [0.25, 0.3) is 0 Å². The Labute approximate surface area is 176 Å². The average molecular weight is 409 g/mol. The Balaban J connectivity index is 1.33. The van der Waals surface area contributed by atoms with Gasteiger partial charge in [-0.2, -0.15) is 5.10 Å². The van der Waals surface area contributed by atoms with E-state index in [4.69, 9.17) is 4.74 Å². The highest BCUT2D eigenvalue weighted by atomic mass is 16.5. The molecule has 2 amide bonds. The molecule has 0 spiro atoms. The summed E-state index contributed by atoms with van der Waals surface area (Å²) in [5.41, 5.74) is 3.72. The Morgan fingerprint density at radius 1 is 1.07 bits per heavy atom. The zero-order valence-corrected chi connectivity index (χ0v) is 17.2. The van der Waals surface area contributed by atoms with Crippen molar-refractivity contribution in [3.63, 3.8) is 0 Å². The molecule has 1 aromatic heterocycles. The first-order valence-corrected chi connectivity index (χ1v) is 11.0. The van der Waals surface area contributed by atoms with Gasteiger partial charge in [-0.25, -0.2) is 0 Å². The van der Waals surface area contributed by atoms with Gasteiger partial charge >= 0.3 is 0 Å². The largest absolute Gasteiger partial charge is 0.363 e. The van der Waals surface area contributed by atoms with Crippen LogP contribution in [0, 0.1) is 0 Å². The van der Waals surface area contributed by atoms with Crippen LogP contribution in [0.3, 0.4) is 0 Å². The molecule has 2 fully saturated rings. The predicted octanol–water partition coefficient (Wildman–Crippen LogP) is 2.67. The van der Waals surface area contributed by atoms with E-state index in [9.17, 15) is 9.59 Å². The second-order valence-corrected chi connectivity index (χ2v) is 8.52. The molecule has 0 bridgehead atoms. The van der Waals surface area contributed by atoms with Gasteiger partial charge in [-0.1, -0.05) is 24.3 Å². The fourth-order valence-corrected chi connectivity index (χ4v) is 5.05. The van der Waals surface area contributed by atoms with Crippen LogP contribution in [0.2, 0.25) is 0 Å². The second-order valence-electron chi connectivity index (χ2n) is 8.52. The van der Waals surface area contributed by atoms with E-state index in [0.717, 1.165) is 63.0 Å². The molecule has 5 rings (SSSR count). The summed E-state index contributed by atoms with van der Waals surface area (Å²) >= 11 is 0. The molecule has 0 unspecified atom stereocenters. The molecule has 158 valence electrons. The molecule has 0 aliphatic carbocycles. The number of hydrogen-bond donors (Lipinski definition) is 1. The number of amides is 2. The molecule has 0 saturated carbocycles. The van der Waals surface area contributed by atoms with Crippen molar-refractivity contribution >= 4 is 11.8 Å². The summed E-state index contributed by atoms with van der Waals surface area (Å²) < 4.78 is 5.90. The highest BCUT2D eigenvalue weighted by molar-refractivity contribution is 5.95. The van der Waals surface area contributed by atoms with E-state index in [-0.39, 0.29) is 17.7 Å². The molecule has 30 heavy (non-hydrogen) atoms. The lowest BCUT2D eigenvalue weighted by Gasteiger charge is -2.36. The molecule has 2 atom stereocenters. The topological polar surface area (TPSA) is 78.5 Å². The lowest BCUT2D eigenvalue weighted by atomic mass is 9.91. The van der Waals surface area contributed by atoms with E-state index >= 15 is 0 Å². The number of fused-ring (bicyclic) bond motifs is 1. The molecular weight excluding hydrogens is 380 g/mol. The van der Waals surface area contributed by atoms with Crippen molar-refractivity contribution in [2.24, 2.45) is 0 Å². The highest BCUT2D eigenvalue weighted by Crippen LogP contribution is 2.33. The number of piperidine rings is 1. The zero-order chi connectivity index (χ0) is 20.5. The number of aromatic nitrogens is 2. The summed E-state index contributed by atoms with van der Waals surface area (Å²) in [7, 11) is 0. The molecule has 7 heteroatoms. The number of H-pyrrole nitrogens is 1. The van der Waals surface area contributed by atoms with Crippen LogP contribution in [-0.2, 0) is 16.0 Å². The van der Waals surface area contributed by atoms with Crippen LogP contribution in [0.5, 0.6) is 0 Å². The second kappa shape index (κ2) is 8.22. The number of benzene rings is 1. The molecule has 2 saturated heterocycles. The number of rotatable bonds is 3. The minimum atomic E-state index is -0.527. The fraction of sp³-hybridized carbons (Fsp3) is 0.522. The molecular formula is C23H28N4O3. The smallest absolute Gasteiger partial charge is 0.257 e. The van der Waals surface area contributed by atoms with Crippen LogP contribution in [0.1, 0.15) is 64.9 Å². The van der Waals surface area contributed by atoms with Crippen molar-refractivity contribution in [2.75, 3.05) is 32.8 Å². The minimum Gasteiger partial charge on any atom is -0.363 e. The van der Waals surface area contributed by atoms with E-state index in [1.54, 1.807) is 6.20 Å². The van der Waals surface area contributed by atoms with Crippen LogP contribution < -0.4 is 0 Å². The van der Waals surface area contributed by atoms with E-state index in [0.29, 0.717) is 18.7 Å². The van der Waals surface area contributed by atoms with Crippen LogP contribution in [-0.4, -0.2) is 64.6 Å². The van der Waals surface area contributed by atoms with Gasteiger partial charge in [0.2, 0.25) is 0 Å². The first-order valence-electron chi connectivity index (χ1n) is 11.0. The molecule has 4 heterocycles. The maximum atomic E-state index is 13.4. The van der Waals surface area contributed by atoms with Crippen molar-refractivity contribution in [3.05, 3.63) is 52.8 Å². The third kappa shape index (κ3) is 3.51. The number of hydrogen-bond acceptors (Lipinski definition) is 4. The number of ether oxygens (including phenoxy) is 1. The third-order valence-corrected chi connectivity index (χ3v) is 6.65. The number of likely N-dealkylation sites (tertiary alicyclic amines) is 2. The average Bonchev–Trinajstić information content (AvgIpc) is 3.50. The fourth-order valence-electron chi connectivity index (χ4n) is 5.05. The third-order valence-electron chi connectivity index (χ3n) is 6.65. The summed E-state index contributed by atoms with van der Waals surface area (Å²) in [6.07, 6.45) is 5.94. The number of nitrogens with one attached hydrogen (secondary N) is 1. The summed E-state index contributed by atoms with van der Waals surface area (Å²) in [6, 6.07) is 8.06. The van der Waals surface area contributed by atoms with Gasteiger partial charge in [0.25, 0.3) is 11.8 Å². The maximum Gasteiger partial charge on any atom is 0.257 e. The highest BCUT2D eigenvalue weighted by Gasteiger charge is 2.35.